The minimum atomic E-state index is 0.138. The van der Waals surface area contributed by atoms with Crippen LogP contribution in [0, 0.1) is 0 Å². The van der Waals surface area contributed by atoms with Crippen LogP contribution in [0.15, 0.2) is 36.4 Å². The molecule has 0 aliphatic rings. The molecule has 0 radical (unpaired) electrons. The first-order chi connectivity index (χ1) is 9.51. The molecule has 0 amide bonds. The Hall–Kier alpha value is -1.32. The van der Waals surface area contributed by atoms with Gasteiger partial charge in [-0.2, -0.15) is 0 Å². The van der Waals surface area contributed by atoms with Crippen molar-refractivity contribution < 1.29 is 9.47 Å². The van der Waals surface area contributed by atoms with Crippen molar-refractivity contribution in [2.24, 2.45) is 0 Å². The molecule has 0 aliphatic carbocycles. The third-order valence-corrected chi connectivity index (χ3v) is 2.69. The fraction of sp³-hybridized carbons (Fsp3) is 0.529. The molecule has 112 valence electrons. The summed E-state index contributed by atoms with van der Waals surface area (Å²) in [5.41, 5.74) is 1.40. The van der Waals surface area contributed by atoms with E-state index in [1.54, 1.807) is 0 Å². The zero-order valence-electron chi connectivity index (χ0n) is 13.1. The number of nitrogens with one attached hydrogen (secondary N) is 1. The molecule has 3 heteroatoms. The van der Waals surface area contributed by atoms with Gasteiger partial charge in [0.25, 0.3) is 0 Å². The second-order valence-electron chi connectivity index (χ2n) is 5.74. The van der Waals surface area contributed by atoms with Crippen molar-refractivity contribution in [1.29, 1.82) is 0 Å². The predicted octanol–water partition coefficient (Wildman–Crippen LogP) is 3.55. The summed E-state index contributed by atoms with van der Waals surface area (Å²) in [6.07, 6.45) is 3.96. The Kier molecular flexibility index (Phi) is 7.34. The Bertz CT molecular complexity index is 390. The van der Waals surface area contributed by atoms with Crippen molar-refractivity contribution in [3.63, 3.8) is 0 Å². The molecule has 0 atom stereocenters. The van der Waals surface area contributed by atoms with E-state index in [4.69, 9.17) is 9.47 Å². The van der Waals surface area contributed by atoms with Crippen LogP contribution in [0.5, 0.6) is 5.75 Å². The SMILES string of the molecule is CC=CCOCCOc1ccc(CNC(C)(C)C)cc1. The minimum Gasteiger partial charge on any atom is -0.491 e. The maximum atomic E-state index is 5.62. The normalized spacial score (nSPS) is 12.0. The van der Waals surface area contributed by atoms with E-state index >= 15 is 0 Å². The topological polar surface area (TPSA) is 30.5 Å². The molecule has 0 fully saturated rings. The van der Waals surface area contributed by atoms with E-state index in [2.05, 4.69) is 38.2 Å². The highest BCUT2D eigenvalue weighted by atomic mass is 16.5. The van der Waals surface area contributed by atoms with Crippen molar-refractivity contribution in [2.45, 2.75) is 39.8 Å². The standard InChI is InChI=1S/C17H27NO2/c1-5-6-11-19-12-13-20-16-9-7-15(8-10-16)14-18-17(2,3)4/h5-10,18H,11-14H2,1-4H3. The summed E-state index contributed by atoms with van der Waals surface area (Å²) < 4.78 is 11.0. The molecule has 0 heterocycles. The first-order valence-corrected chi connectivity index (χ1v) is 7.17. The lowest BCUT2D eigenvalue weighted by Crippen LogP contribution is -2.35. The second-order valence-corrected chi connectivity index (χ2v) is 5.74. The fourth-order valence-electron chi connectivity index (χ4n) is 1.54. The van der Waals surface area contributed by atoms with Crippen LogP contribution in [0.25, 0.3) is 0 Å². The Morgan fingerprint density at radius 3 is 2.40 bits per heavy atom. The van der Waals surface area contributed by atoms with E-state index in [0.717, 1.165) is 12.3 Å². The molecule has 1 aromatic rings. The number of rotatable bonds is 8. The quantitative estimate of drug-likeness (QED) is 0.582. The van der Waals surface area contributed by atoms with Gasteiger partial charge in [0.05, 0.1) is 13.2 Å². The van der Waals surface area contributed by atoms with Gasteiger partial charge in [-0.15, -0.1) is 0 Å². The van der Waals surface area contributed by atoms with Gasteiger partial charge in [0.1, 0.15) is 12.4 Å². The first-order valence-electron chi connectivity index (χ1n) is 7.17. The summed E-state index contributed by atoms with van der Waals surface area (Å²) in [5, 5.41) is 3.46. The smallest absolute Gasteiger partial charge is 0.119 e. The summed E-state index contributed by atoms with van der Waals surface area (Å²) >= 11 is 0. The van der Waals surface area contributed by atoms with Gasteiger partial charge in [-0.05, 0) is 45.4 Å². The molecule has 1 aromatic carbocycles. The lowest BCUT2D eigenvalue weighted by atomic mass is 10.1. The molecule has 3 nitrogen and oxygen atoms in total. The van der Waals surface area contributed by atoms with Crippen LogP contribution in [-0.2, 0) is 11.3 Å². The lowest BCUT2D eigenvalue weighted by molar-refractivity contribution is 0.121. The average molecular weight is 277 g/mol. The van der Waals surface area contributed by atoms with Crippen molar-refractivity contribution in [1.82, 2.24) is 5.32 Å². The summed E-state index contributed by atoms with van der Waals surface area (Å²) in [4.78, 5) is 0. The number of ether oxygens (including phenoxy) is 2. The predicted molar refractivity (Wildman–Crippen MR) is 84.2 cm³/mol. The molecule has 0 aliphatic heterocycles. The van der Waals surface area contributed by atoms with Crippen LogP contribution in [0.4, 0.5) is 0 Å². The van der Waals surface area contributed by atoms with Gasteiger partial charge < -0.3 is 14.8 Å². The van der Waals surface area contributed by atoms with E-state index < -0.39 is 0 Å². The summed E-state index contributed by atoms with van der Waals surface area (Å²) in [6, 6.07) is 8.20. The van der Waals surface area contributed by atoms with Gasteiger partial charge in [0, 0.05) is 12.1 Å². The lowest BCUT2D eigenvalue weighted by Gasteiger charge is -2.20. The first kappa shape index (κ1) is 16.7. The van der Waals surface area contributed by atoms with Gasteiger partial charge in [0.2, 0.25) is 0 Å². The van der Waals surface area contributed by atoms with Crippen molar-refractivity contribution in [3.05, 3.63) is 42.0 Å². The van der Waals surface area contributed by atoms with Crippen LogP contribution in [0.1, 0.15) is 33.3 Å². The van der Waals surface area contributed by atoms with E-state index in [0.29, 0.717) is 19.8 Å². The van der Waals surface area contributed by atoms with Gasteiger partial charge >= 0.3 is 0 Å². The number of allylic oxidation sites excluding steroid dienone is 1. The molecule has 0 saturated carbocycles. The van der Waals surface area contributed by atoms with Gasteiger partial charge in [-0.25, -0.2) is 0 Å². The van der Waals surface area contributed by atoms with Crippen LogP contribution in [-0.4, -0.2) is 25.4 Å². The number of benzene rings is 1. The number of hydrogen-bond donors (Lipinski definition) is 1. The molecule has 0 unspecified atom stereocenters. The summed E-state index contributed by atoms with van der Waals surface area (Å²) in [7, 11) is 0. The number of hydrogen-bond acceptors (Lipinski definition) is 3. The zero-order chi connectivity index (χ0) is 14.8. The maximum absolute atomic E-state index is 5.62. The summed E-state index contributed by atoms with van der Waals surface area (Å²) in [6.45, 7) is 11.2. The molecule has 1 rings (SSSR count). The molecule has 0 spiro atoms. The second kappa shape index (κ2) is 8.77. The van der Waals surface area contributed by atoms with Crippen LogP contribution >= 0.6 is 0 Å². The molecule has 0 aromatic heterocycles. The van der Waals surface area contributed by atoms with Crippen molar-refractivity contribution in [3.8, 4) is 5.75 Å². The highest BCUT2D eigenvalue weighted by Crippen LogP contribution is 2.13. The molecule has 0 saturated heterocycles. The third-order valence-electron chi connectivity index (χ3n) is 2.69. The highest BCUT2D eigenvalue weighted by Gasteiger charge is 2.08. The summed E-state index contributed by atoms with van der Waals surface area (Å²) in [5.74, 6) is 0.888. The largest absolute Gasteiger partial charge is 0.491 e. The van der Waals surface area contributed by atoms with Gasteiger partial charge in [-0.3, -0.25) is 0 Å². The van der Waals surface area contributed by atoms with Gasteiger partial charge in [-0.1, -0.05) is 24.3 Å². The van der Waals surface area contributed by atoms with Crippen LogP contribution < -0.4 is 10.1 Å². The third kappa shape index (κ3) is 7.97. The Balaban J connectivity index is 2.25. The Morgan fingerprint density at radius 2 is 1.80 bits per heavy atom. The van der Waals surface area contributed by atoms with Crippen molar-refractivity contribution in [2.75, 3.05) is 19.8 Å². The molecule has 0 bridgehead atoms. The van der Waals surface area contributed by atoms with E-state index in [1.807, 2.05) is 31.2 Å². The maximum Gasteiger partial charge on any atom is 0.119 e. The Morgan fingerprint density at radius 1 is 1.10 bits per heavy atom. The zero-order valence-corrected chi connectivity index (χ0v) is 13.1. The van der Waals surface area contributed by atoms with E-state index in [9.17, 15) is 0 Å². The Labute approximate surface area is 123 Å². The molecule has 1 N–H and O–H groups in total. The average Bonchev–Trinajstić information content (AvgIpc) is 2.41. The van der Waals surface area contributed by atoms with E-state index in [1.165, 1.54) is 5.56 Å². The fourth-order valence-corrected chi connectivity index (χ4v) is 1.54. The minimum absolute atomic E-state index is 0.138. The molecule has 20 heavy (non-hydrogen) atoms. The van der Waals surface area contributed by atoms with Crippen molar-refractivity contribution >= 4 is 0 Å². The van der Waals surface area contributed by atoms with Crippen LogP contribution in [0.2, 0.25) is 0 Å². The molecular weight excluding hydrogens is 250 g/mol. The van der Waals surface area contributed by atoms with E-state index in [-0.39, 0.29) is 5.54 Å². The molecular formula is C17H27NO2. The van der Waals surface area contributed by atoms with Gasteiger partial charge in [0.15, 0.2) is 0 Å². The van der Waals surface area contributed by atoms with Crippen LogP contribution in [0.3, 0.4) is 0 Å². The monoisotopic (exact) mass is 277 g/mol. The highest BCUT2D eigenvalue weighted by molar-refractivity contribution is 5.27.